The maximum Gasteiger partial charge on any atom is 0.438 e. The van der Waals surface area contributed by atoms with Crippen molar-refractivity contribution in [1.29, 1.82) is 0 Å². The molecule has 0 saturated carbocycles. The quantitative estimate of drug-likeness (QED) is 0.282. The molecule has 0 aliphatic carbocycles. The summed E-state index contributed by atoms with van der Waals surface area (Å²) in [6, 6.07) is 16.3. The molecule has 0 bridgehead atoms. The average molecular weight is 504 g/mol. The number of unbranched alkanes of at least 4 members (excludes halogenated alkanes) is 3. The summed E-state index contributed by atoms with van der Waals surface area (Å²) in [5.74, 6) is 1.15. The van der Waals surface area contributed by atoms with Gasteiger partial charge < -0.3 is 4.90 Å². The first-order valence-electron chi connectivity index (χ1n) is 12.6. The molecule has 0 saturated heterocycles. The number of hydrogen-bond acceptors (Lipinski definition) is 6. The fourth-order valence-corrected chi connectivity index (χ4v) is 4.81. The second-order valence-electron chi connectivity index (χ2n) is 9.36. The molecule has 5 rings (SSSR count). The smallest absolute Gasteiger partial charge is 0.355 e. The van der Waals surface area contributed by atoms with Gasteiger partial charge in [-0.3, -0.25) is 9.51 Å². The summed E-state index contributed by atoms with van der Waals surface area (Å²) in [4.78, 5) is 26.4. The average Bonchev–Trinajstić information content (AvgIpc) is 3.31. The highest BCUT2D eigenvalue weighted by Gasteiger charge is 2.23. The van der Waals surface area contributed by atoms with Crippen molar-refractivity contribution in [2.45, 2.75) is 51.9 Å². The molecule has 0 unspecified atom stereocenters. The molecular weight excluding hydrogens is 474 g/mol. The van der Waals surface area contributed by atoms with Crippen LogP contribution in [-0.2, 0) is 12.8 Å². The number of nitrogens with one attached hydrogen (secondary N) is 1. The molecule has 0 spiro atoms. The Hall–Kier alpha value is -3.45. The molecule has 1 N–H and O–H groups in total. The minimum absolute atomic E-state index is 0.487. The van der Waals surface area contributed by atoms with E-state index in [9.17, 15) is 4.79 Å². The minimum atomic E-state index is -0.487. The van der Waals surface area contributed by atoms with Crippen LogP contribution in [0.4, 0.5) is 5.82 Å². The third-order valence-corrected chi connectivity index (χ3v) is 6.86. The zero-order valence-corrected chi connectivity index (χ0v) is 21.2. The van der Waals surface area contributed by atoms with Gasteiger partial charge in [0.2, 0.25) is 0 Å². The van der Waals surface area contributed by atoms with E-state index >= 15 is 0 Å². The molecule has 1 aliphatic rings. The lowest BCUT2D eigenvalue weighted by atomic mass is 10.0. The Labute approximate surface area is 215 Å². The van der Waals surface area contributed by atoms with Gasteiger partial charge in [0, 0.05) is 35.7 Å². The summed E-state index contributed by atoms with van der Waals surface area (Å²) in [7, 11) is 0. The normalized spacial score (nSPS) is 13.1. The zero-order chi connectivity index (χ0) is 24.9. The van der Waals surface area contributed by atoms with Crippen LogP contribution in [0, 0.1) is 6.92 Å². The standard InChI is InChI=1S/C28H30ClN5O2/c1-19-9-11-20(12-10-19)26-25(21-13-15-22(29)16-14-21)30-23-7-6-18-34(27(23)32-26)17-5-3-2-4-8-24-31-28(35)36-33-24/h9-16H,2-8,17-18H2,1H3,(H,31,33,35). The summed E-state index contributed by atoms with van der Waals surface area (Å²) in [6.45, 7) is 4.04. The van der Waals surface area contributed by atoms with Crippen LogP contribution in [0.1, 0.15) is 49.2 Å². The number of H-pyrrole nitrogens is 1. The van der Waals surface area contributed by atoms with Crippen molar-refractivity contribution in [2.24, 2.45) is 0 Å². The van der Waals surface area contributed by atoms with Gasteiger partial charge >= 0.3 is 5.76 Å². The molecule has 2 aromatic heterocycles. The van der Waals surface area contributed by atoms with Crippen LogP contribution < -0.4 is 10.7 Å². The first kappa shape index (κ1) is 24.3. The maximum absolute atomic E-state index is 11.0. The monoisotopic (exact) mass is 503 g/mol. The van der Waals surface area contributed by atoms with Crippen molar-refractivity contribution in [3.8, 4) is 22.5 Å². The van der Waals surface area contributed by atoms with Crippen LogP contribution in [0.3, 0.4) is 0 Å². The molecule has 7 nitrogen and oxygen atoms in total. The van der Waals surface area contributed by atoms with Gasteiger partial charge in [0.05, 0.1) is 17.1 Å². The summed E-state index contributed by atoms with van der Waals surface area (Å²) in [6.07, 6.45) is 6.97. The van der Waals surface area contributed by atoms with Crippen LogP contribution in [-0.4, -0.2) is 33.2 Å². The number of nitrogens with zero attached hydrogens (tertiary/aromatic N) is 4. The molecule has 2 aromatic carbocycles. The Bertz CT molecular complexity index is 1360. The molecule has 4 aromatic rings. The highest BCUT2D eigenvalue weighted by atomic mass is 35.5. The number of aryl methyl sites for hydroxylation is 3. The molecule has 0 fully saturated rings. The lowest BCUT2D eigenvalue weighted by Gasteiger charge is -2.30. The van der Waals surface area contributed by atoms with Gasteiger partial charge in [-0.2, -0.15) is 0 Å². The number of fused-ring (bicyclic) bond motifs is 1. The van der Waals surface area contributed by atoms with E-state index in [1.54, 1.807) is 0 Å². The molecule has 0 radical (unpaired) electrons. The molecule has 186 valence electrons. The highest BCUT2D eigenvalue weighted by Crippen LogP contribution is 2.35. The molecule has 36 heavy (non-hydrogen) atoms. The maximum atomic E-state index is 11.0. The van der Waals surface area contributed by atoms with E-state index in [4.69, 9.17) is 21.6 Å². The summed E-state index contributed by atoms with van der Waals surface area (Å²) < 4.78 is 4.56. The van der Waals surface area contributed by atoms with Gasteiger partial charge in [-0.25, -0.2) is 14.8 Å². The van der Waals surface area contributed by atoms with Gasteiger partial charge in [-0.15, -0.1) is 0 Å². The summed E-state index contributed by atoms with van der Waals surface area (Å²) >= 11 is 6.16. The Balaban J connectivity index is 1.33. The molecule has 3 heterocycles. The largest absolute Gasteiger partial charge is 0.438 e. The highest BCUT2D eigenvalue weighted by molar-refractivity contribution is 6.30. The van der Waals surface area contributed by atoms with E-state index in [2.05, 4.69) is 50.8 Å². The lowest BCUT2D eigenvalue weighted by molar-refractivity contribution is 0.380. The number of hydrogen-bond donors (Lipinski definition) is 1. The summed E-state index contributed by atoms with van der Waals surface area (Å²) in [5.41, 5.74) is 6.19. The van der Waals surface area contributed by atoms with Crippen LogP contribution in [0.25, 0.3) is 22.5 Å². The fraction of sp³-hybridized carbons (Fsp3) is 0.357. The number of halogens is 1. The zero-order valence-electron chi connectivity index (χ0n) is 20.5. The van der Waals surface area contributed by atoms with Gasteiger partial charge in [0.25, 0.3) is 0 Å². The fourth-order valence-electron chi connectivity index (χ4n) is 4.68. The second-order valence-corrected chi connectivity index (χ2v) is 9.80. The van der Waals surface area contributed by atoms with Gasteiger partial charge in [0.1, 0.15) is 0 Å². The third kappa shape index (κ3) is 5.68. The van der Waals surface area contributed by atoms with Crippen molar-refractivity contribution >= 4 is 17.4 Å². The topological polar surface area (TPSA) is 87.9 Å². The van der Waals surface area contributed by atoms with E-state index in [1.807, 2.05) is 24.3 Å². The predicted octanol–water partition coefficient (Wildman–Crippen LogP) is 6.00. The first-order chi connectivity index (χ1) is 17.6. The Morgan fingerprint density at radius 3 is 2.36 bits per heavy atom. The van der Waals surface area contributed by atoms with E-state index in [0.717, 1.165) is 92.1 Å². The molecule has 1 aliphatic heterocycles. The number of benzene rings is 2. The number of anilines is 1. The Kier molecular flexibility index (Phi) is 7.47. The molecular formula is C28H30ClN5O2. The van der Waals surface area contributed by atoms with E-state index in [1.165, 1.54) is 5.56 Å². The number of rotatable bonds is 9. The SMILES string of the molecule is Cc1ccc(-c2nc3c(nc2-c2ccc(Cl)cc2)CCCN3CCCCCCc2noc(=O)[nH]2)cc1. The van der Waals surface area contributed by atoms with Crippen molar-refractivity contribution in [3.63, 3.8) is 0 Å². The van der Waals surface area contributed by atoms with E-state index < -0.39 is 5.76 Å². The van der Waals surface area contributed by atoms with Gasteiger partial charge in [-0.05, 0) is 44.7 Å². The predicted molar refractivity (Wildman–Crippen MR) is 142 cm³/mol. The van der Waals surface area contributed by atoms with Crippen molar-refractivity contribution in [1.82, 2.24) is 20.1 Å². The molecule has 0 atom stereocenters. The Morgan fingerprint density at radius 1 is 0.944 bits per heavy atom. The minimum Gasteiger partial charge on any atom is -0.355 e. The van der Waals surface area contributed by atoms with Gasteiger partial charge in [-0.1, -0.05) is 71.6 Å². The Morgan fingerprint density at radius 2 is 1.64 bits per heavy atom. The van der Waals surface area contributed by atoms with Crippen molar-refractivity contribution < 1.29 is 4.52 Å². The second kappa shape index (κ2) is 11.1. The molecule has 8 heteroatoms. The summed E-state index contributed by atoms with van der Waals surface area (Å²) in [5, 5.41) is 4.44. The molecule has 0 amide bonds. The lowest BCUT2D eigenvalue weighted by Crippen LogP contribution is -2.32. The van der Waals surface area contributed by atoms with Crippen molar-refractivity contribution in [2.75, 3.05) is 18.0 Å². The third-order valence-electron chi connectivity index (χ3n) is 6.61. The number of aromatic nitrogens is 4. The van der Waals surface area contributed by atoms with Crippen LogP contribution in [0.5, 0.6) is 0 Å². The van der Waals surface area contributed by atoms with Gasteiger partial charge in [0.15, 0.2) is 11.6 Å². The first-order valence-corrected chi connectivity index (χ1v) is 13.0. The van der Waals surface area contributed by atoms with E-state index in [-0.39, 0.29) is 0 Å². The van der Waals surface area contributed by atoms with Crippen LogP contribution >= 0.6 is 11.6 Å². The van der Waals surface area contributed by atoms with E-state index in [0.29, 0.717) is 10.8 Å². The van der Waals surface area contributed by atoms with Crippen LogP contribution in [0.2, 0.25) is 5.02 Å². The van der Waals surface area contributed by atoms with Crippen molar-refractivity contribution in [3.05, 3.63) is 81.2 Å². The van der Waals surface area contributed by atoms with Crippen LogP contribution in [0.15, 0.2) is 57.8 Å². The number of aromatic amines is 1.